The molecule has 2 aromatic heterocycles. The third-order valence-corrected chi connectivity index (χ3v) is 7.03. The maximum Gasteiger partial charge on any atom is 0.224 e. The van der Waals surface area contributed by atoms with Gasteiger partial charge in [-0.25, -0.2) is 0 Å². The molecule has 0 spiro atoms. The summed E-state index contributed by atoms with van der Waals surface area (Å²) in [5, 5.41) is 12.0. The number of carbonyl (C=O) groups is 1. The fraction of sp³-hybridized carbons (Fsp3) is 0.636. The van der Waals surface area contributed by atoms with Crippen LogP contribution < -0.4 is 5.32 Å². The second-order valence-electron chi connectivity index (χ2n) is 8.92. The summed E-state index contributed by atoms with van der Waals surface area (Å²) in [5.74, 6) is 0.942. The van der Waals surface area contributed by atoms with Crippen molar-refractivity contribution >= 4 is 5.91 Å². The van der Waals surface area contributed by atoms with Crippen LogP contribution in [-0.2, 0) is 11.3 Å². The van der Waals surface area contributed by atoms with Gasteiger partial charge in [0.2, 0.25) is 5.91 Å². The van der Waals surface area contributed by atoms with Gasteiger partial charge in [-0.3, -0.25) is 19.4 Å². The van der Waals surface area contributed by atoms with Crippen molar-refractivity contribution in [1.29, 1.82) is 0 Å². The topological polar surface area (TPSA) is 75.9 Å². The van der Waals surface area contributed by atoms with Crippen LogP contribution in [0.3, 0.4) is 0 Å². The van der Waals surface area contributed by atoms with Crippen LogP contribution in [0.15, 0.2) is 30.6 Å². The lowest BCUT2D eigenvalue weighted by Crippen LogP contribution is -2.58. The second kappa shape index (κ2) is 8.22. The predicted molar refractivity (Wildman–Crippen MR) is 110 cm³/mol. The third kappa shape index (κ3) is 4.06. The first kappa shape index (κ1) is 18.7. The summed E-state index contributed by atoms with van der Waals surface area (Å²) >= 11 is 0. The van der Waals surface area contributed by atoms with Crippen LogP contribution in [0, 0.1) is 11.8 Å². The molecular weight excluding hydrogens is 364 g/mol. The Balaban J connectivity index is 1.19. The van der Waals surface area contributed by atoms with E-state index in [1.54, 1.807) is 6.20 Å². The molecule has 3 saturated heterocycles. The quantitative estimate of drug-likeness (QED) is 0.843. The van der Waals surface area contributed by atoms with Crippen molar-refractivity contribution in [2.75, 3.05) is 13.1 Å². The standard InChI is InChI=1S/C22H30N6O/c29-22(24-17-6-2-1-3-7-17)19-14-27-11-9-16(19)12-18(27)13-28-15-21(25-26-28)20-8-4-5-10-23-20/h4-5,8,10,15-19H,1-3,6-7,9,11-14H2,(H,24,29)/t16?,18-,19+/m1/s1. The highest BCUT2D eigenvalue weighted by molar-refractivity contribution is 5.79. The van der Waals surface area contributed by atoms with Gasteiger partial charge in [0.05, 0.1) is 24.4 Å². The molecule has 4 aliphatic rings. The number of nitrogens with zero attached hydrogens (tertiary/aromatic N) is 5. The number of aromatic nitrogens is 4. The number of fused-ring (bicyclic) bond motifs is 3. The molecule has 1 aliphatic carbocycles. The van der Waals surface area contributed by atoms with Crippen LogP contribution in [0.1, 0.15) is 44.9 Å². The van der Waals surface area contributed by atoms with Gasteiger partial charge >= 0.3 is 0 Å². The summed E-state index contributed by atoms with van der Waals surface area (Å²) in [7, 11) is 0. The van der Waals surface area contributed by atoms with E-state index in [0.717, 1.165) is 56.7 Å². The average Bonchev–Trinajstić information content (AvgIpc) is 3.24. The lowest BCUT2D eigenvalue weighted by molar-refractivity contribution is -0.134. The lowest BCUT2D eigenvalue weighted by Gasteiger charge is -2.49. The molecule has 3 aliphatic heterocycles. The molecule has 0 aromatic carbocycles. The fourth-order valence-electron chi connectivity index (χ4n) is 5.42. The van der Waals surface area contributed by atoms with Gasteiger partial charge in [0.25, 0.3) is 0 Å². The molecule has 154 valence electrons. The van der Waals surface area contributed by atoms with Crippen LogP contribution >= 0.6 is 0 Å². The number of rotatable bonds is 5. The summed E-state index contributed by atoms with van der Waals surface area (Å²) in [6.07, 6.45) is 12.1. The molecule has 2 unspecified atom stereocenters. The zero-order valence-electron chi connectivity index (χ0n) is 16.9. The van der Waals surface area contributed by atoms with E-state index in [0.29, 0.717) is 23.9 Å². The van der Waals surface area contributed by atoms with E-state index in [-0.39, 0.29) is 5.92 Å². The van der Waals surface area contributed by atoms with Gasteiger partial charge in [0.1, 0.15) is 5.69 Å². The molecule has 1 N–H and O–H groups in total. The van der Waals surface area contributed by atoms with Crippen molar-refractivity contribution in [2.45, 2.75) is 63.6 Å². The van der Waals surface area contributed by atoms with Crippen molar-refractivity contribution < 1.29 is 4.79 Å². The van der Waals surface area contributed by atoms with Crippen LogP contribution in [0.4, 0.5) is 0 Å². The smallest absolute Gasteiger partial charge is 0.224 e. The van der Waals surface area contributed by atoms with Gasteiger partial charge in [-0.15, -0.1) is 5.10 Å². The number of pyridine rings is 1. The van der Waals surface area contributed by atoms with E-state index in [1.165, 1.54) is 19.3 Å². The zero-order chi connectivity index (χ0) is 19.6. The number of hydrogen-bond acceptors (Lipinski definition) is 5. The Kier molecular flexibility index (Phi) is 5.31. The molecule has 0 radical (unpaired) electrons. The van der Waals surface area contributed by atoms with Gasteiger partial charge in [0.15, 0.2) is 0 Å². The first-order valence-electron chi connectivity index (χ1n) is 11.1. The molecular formula is C22H30N6O. The minimum absolute atomic E-state index is 0.154. The third-order valence-electron chi connectivity index (χ3n) is 7.03. The highest BCUT2D eigenvalue weighted by Crippen LogP contribution is 2.37. The molecule has 7 heteroatoms. The fourth-order valence-corrected chi connectivity index (χ4v) is 5.42. The zero-order valence-corrected chi connectivity index (χ0v) is 16.9. The second-order valence-corrected chi connectivity index (χ2v) is 8.92. The van der Waals surface area contributed by atoms with Gasteiger partial charge in [-0.2, -0.15) is 0 Å². The minimum Gasteiger partial charge on any atom is -0.353 e. The van der Waals surface area contributed by atoms with Crippen LogP contribution in [0.25, 0.3) is 11.4 Å². The Labute approximate surface area is 171 Å². The van der Waals surface area contributed by atoms with Gasteiger partial charge in [-0.1, -0.05) is 30.5 Å². The predicted octanol–water partition coefficient (Wildman–Crippen LogP) is 2.50. The Bertz CT molecular complexity index is 831. The molecule has 2 bridgehead atoms. The van der Waals surface area contributed by atoms with E-state index in [2.05, 4.69) is 25.5 Å². The molecule has 1 saturated carbocycles. The van der Waals surface area contributed by atoms with Crippen LogP contribution in [0.5, 0.6) is 0 Å². The summed E-state index contributed by atoms with van der Waals surface area (Å²) in [6.45, 7) is 2.80. The van der Waals surface area contributed by atoms with Crippen LogP contribution in [-0.4, -0.2) is 56.0 Å². The molecule has 4 fully saturated rings. The molecule has 5 heterocycles. The van der Waals surface area contributed by atoms with Gasteiger partial charge in [-0.05, 0) is 50.3 Å². The Hall–Kier alpha value is -2.28. The summed E-state index contributed by atoms with van der Waals surface area (Å²) in [6, 6.07) is 6.66. The number of nitrogens with one attached hydrogen (secondary N) is 1. The molecule has 1 amide bonds. The molecule has 6 rings (SSSR count). The monoisotopic (exact) mass is 394 g/mol. The SMILES string of the molecule is O=C(NC1CCCCC1)[C@H]1CN2CCC1C[C@@H]2Cn1cc(-c2ccccn2)nn1. The van der Waals surface area contributed by atoms with Crippen molar-refractivity contribution in [3.63, 3.8) is 0 Å². The number of hydrogen-bond donors (Lipinski definition) is 1. The van der Waals surface area contributed by atoms with Crippen molar-refractivity contribution in [3.05, 3.63) is 30.6 Å². The largest absolute Gasteiger partial charge is 0.353 e. The van der Waals surface area contributed by atoms with E-state index in [4.69, 9.17) is 0 Å². The minimum atomic E-state index is 0.154. The Morgan fingerprint density at radius 1 is 1.14 bits per heavy atom. The van der Waals surface area contributed by atoms with Crippen molar-refractivity contribution in [1.82, 2.24) is 30.2 Å². The number of piperidine rings is 3. The summed E-state index contributed by atoms with van der Waals surface area (Å²) in [4.78, 5) is 19.8. The maximum absolute atomic E-state index is 12.9. The highest BCUT2D eigenvalue weighted by atomic mass is 16.2. The Morgan fingerprint density at radius 3 is 2.79 bits per heavy atom. The van der Waals surface area contributed by atoms with Crippen molar-refractivity contribution in [3.8, 4) is 11.4 Å². The van der Waals surface area contributed by atoms with Gasteiger partial charge in [0, 0.05) is 24.8 Å². The molecule has 4 atom stereocenters. The Morgan fingerprint density at radius 2 is 2.03 bits per heavy atom. The highest BCUT2D eigenvalue weighted by Gasteiger charge is 2.43. The molecule has 7 nitrogen and oxygen atoms in total. The van der Waals surface area contributed by atoms with Crippen molar-refractivity contribution in [2.24, 2.45) is 11.8 Å². The maximum atomic E-state index is 12.9. The molecule has 29 heavy (non-hydrogen) atoms. The van der Waals surface area contributed by atoms with Crippen LogP contribution in [0.2, 0.25) is 0 Å². The van der Waals surface area contributed by atoms with E-state index in [1.807, 2.05) is 29.1 Å². The normalized spacial score (nSPS) is 29.7. The lowest BCUT2D eigenvalue weighted by atomic mass is 9.75. The van der Waals surface area contributed by atoms with Gasteiger partial charge < -0.3 is 5.32 Å². The van der Waals surface area contributed by atoms with E-state index < -0.39 is 0 Å². The average molecular weight is 395 g/mol. The number of amides is 1. The first-order chi connectivity index (χ1) is 14.3. The van der Waals surface area contributed by atoms with E-state index >= 15 is 0 Å². The number of carbonyl (C=O) groups excluding carboxylic acids is 1. The van der Waals surface area contributed by atoms with E-state index in [9.17, 15) is 4.79 Å². The molecule has 2 aromatic rings. The summed E-state index contributed by atoms with van der Waals surface area (Å²) in [5.41, 5.74) is 1.66. The first-order valence-corrected chi connectivity index (χ1v) is 11.1. The summed E-state index contributed by atoms with van der Waals surface area (Å²) < 4.78 is 1.94.